The summed E-state index contributed by atoms with van der Waals surface area (Å²) in [4.78, 5) is 0. The van der Waals surface area contributed by atoms with Crippen LogP contribution in [0.4, 0.5) is 0 Å². The number of aromatic nitrogens is 1. The molecule has 0 saturated heterocycles. The highest BCUT2D eigenvalue weighted by Crippen LogP contribution is 2.18. The SMILES string of the molecule is N[n+]1ccc(-c2ccccc2)cc1CCc1ccccc1. The standard InChI is InChI=1S/C19H19N2/c20-21-14-13-18(17-9-5-2-6-10-17)15-19(21)12-11-16-7-3-1-4-8-16/h1-10,13-15H,11-12,20H2/q+1. The monoisotopic (exact) mass is 275 g/mol. The van der Waals surface area contributed by atoms with Crippen LogP contribution in [0.2, 0.25) is 0 Å². The van der Waals surface area contributed by atoms with E-state index in [0.717, 1.165) is 18.5 Å². The summed E-state index contributed by atoms with van der Waals surface area (Å²) < 4.78 is 1.72. The van der Waals surface area contributed by atoms with Crippen molar-refractivity contribution in [2.45, 2.75) is 12.8 Å². The topological polar surface area (TPSA) is 29.9 Å². The van der Waals surface area contributed by atoms with Crippen LogP contribution in [0, 0.1) is 0 Å². The molecule has 0 spiro atoms. The molecule has 0 aliphatic carbocycles. The van der Waals surface area contributed by atoms with Gasteiger partial charge >= 0.3 is 0 Å². The zero-order valence-corrected chi connectivity index (χ0v) is 11.9. The third-order valence-electron chi connectivity index (χ3n) is 3.69. The van der Waals surface area contributed by atoms with Crippen LogP contribution in [0.5, 0.6) is 0 Å². The van der Waals surface area contributed by atoms with Gasteiger partial charge in [-0.3, -0.25) is 0 Å². The van der Waals surface area contributed by atoms with Crippen molar-refractivity contribution in [3.05, 3.63) is 90.3 Å². The van der Waals surface area contributed by atoms with Crippen molar-refractivity contribution in [2.24, 2.45) is 0 Å². The van der Waals surface area contributed by atoms with Crippen molar-refractivity contribution in [1.82, 2.24) is 0 Å². The Labute approximate surface area is 125 Å². The minimum Gasteiger partial charge on any atom is -0.205 e. The van der Waals surface area contributed by atoms with Gasteiger partial charge in [0.15, 0.2) is 6.20 Å². The molecule has 0 bridgehead atoms. The Balaban J connectivity index is 1.82. The second kappa shape index (κ2) is 6.23. The average molecular weight is 275 g/mol. The highest BCUT2D eigenvalue weighted by molar-refractivity contribution is 5.62. The molecule has 2 heteroatoms. The van der Waals surface area contributed by atoms with Crippen LogP contribution in [0.3, 0.4) is 0 Å². The number of nitrogens with two attached hydrogens (primary N) is 1. The van der Waals surface area contributed by atoms with E-state index in [4.69, 9.17) is 5.84 Å². The van der Waals surface area contributed by atoms with Gasteiger partial charge in [0, 0.05) is 18.6 Å². The van der Waals surface area contributed by atoms with Crippen molar-refractivity contribution in [3.63, 3.8) is 0 Å². The van der Waals surface area contributed by atoms with Crippen LogP contribution in [-0.2, 0) is 12.8 Å². The maximum absolute atomic E-state index is 6.05. The predicted molar refractivity (Wildman–Crippen MR) is 86.1 cm³/mol. The number of hydrogen-bond acceptors (Lipinski definition) is 1. The third-order valence-corrected chi connectivity index (χ3v) is 3.69. The largest absolute Gasteiger partial charge is 0.212 e. The molecule has 0 atom stereocenters. The molecular formula is C19H19N2+. The number of benzene rings is 2. The first-order valence-electron chi connectivity index (χ1n) is 7.22. The van der Waals surface area contributed by atoms with Gasteiger partial charge in [0.1, 0.15) is 0 Å². The van der Waals surface area contributed by atoms with Gasteiger partial charge in [0.2, 0.25) is 5.69 Å². The molecule has 0 amide bonds. The van der Waals surface area contributed by atoms with E-state index in [1.807, 2.05) is 18.3 Å². The van der Waals surface area contributed by atoms with Gasteiger partial charge in [-0.1, -0.05) is 65.3 Å². The quantitative estimate of drug-likeness (QED) is 0.575. The molecule has 21 heavy (non-hydrogen) atoms. The number of hydrogen-bond donors (Lipinski definition) is 1. The lowest BCUT2D eigenvalue weighted by molar-refractivity contribution is -0.646. The van der Waals surface area contributed by atoms with Gasteiger partial charge in [-0.15, -0.1) is 0 Å². The van der Waals surface area contributed by atoms with Gasteiger partial charge in [-0.25, -0.2) is 5.84 Å². The predicted octanol–water partition coefficient (Wildman–Crippen LogP) is 3.14. The molecule has 0 aliphatic heterocycles. The number of nitrogen functional groups attached to an aromatic ring is 1. The van der Waals surface area contributed by atoms with Crippen molar-refractivity contribution in [3.8, 4) is 11.1 Å². The van der Waals surface area contributed by atoms with E-state index in [1.54, 1.807) is 4.68 Å². The lowest BCUT2D eigenvalue weighted by Gasteiger charge is -2.04. The van der Waals surface area contributed by atoms with E-state index >= 15 is 0 Å². The summed E-state index contributed by atoms with van der Waals surface area (Å²) in [5, 5.41) is 0. The van der Waals surface area contributed by atoms with E-state index in [9.17, 15) is 0 Å². The molecule has 2 nitrogen and oxygen atoms in total. The number of rotatable bonds is 4. The summed E-state index contributed by atoms with van der Waals surface area (Å²) in [6, 6.07) is 25.1. The molecule has 3 rings (SSSR count). The van der Waals surface area contributed by atoms with Crippen LogP contribution in [0.1, 0.15) is 11.3 Å². The van der Waals surface area contributed by atoms with Gasteiger partial charge in [0.05, 0.1) is 0 Å². The molecule has 104 valence electrons. The van der Waals surface area contributed by atoms with Crippen molar-refractivity contribution < 1.29 is 4.68 Å². The highest BCUT2D eigenvalue weighted by Gasteiger charge is 2.10. The van der Waals surface area contributed by atoms with E-state index < -0.39 is 0 Å². The van der Waals surface area contributed by atoms with E-state index in [0.29, 0.717) is 0 Å². The lowest BCUT2D eigenvalue weighted by Crippen LogP contribution is -2.47. The van der Waals surface area contributed by atoms with Crippen LogP contribution < -0.4 is 10.5 Å². The fourth-order valence-electron chi connectivity index (χ4n) is 2.49. The summed E-state index contributed by atoms with van der Waals surface area (Å²) in [6.45, 7) is 0. The Morgan fingerprint density at radius 2 is 1.38 bits per heavy atom. The third kappa shape index (κ3) is 3.29. The minimum atomic E-state index is 0.932. The second-order valence-corrected chi connectivity index (χ2v) is 5.17. The van der Waals surface area contributed by atoms with E-state index in [-0.39, 0.29) is 0 Å². The minimum absolute atomic E-state index is 0.932. The van der Waals surface area contributed by atoms with Crippen molar-refractivity contribution >= 4 is 0 Å². The fourth-order valence-corrected chi connectivity index (χ4v) is 2.49. The molecular weight excluding hydrogens is 256 g/mol. The van der Waals surface area contributed by atoms with Gasteiger partial charge in [-0.2, -0.15) is 0 Å². The molecule has 0 aliphatic rings. The average Bonchev–Trinajstić information content (AvgIpc) is 2.56. The summed E-state index contributed by atoms with van der Waals surface area (Å²) in [7, 11) is 0. The smallest absolute Gasteiger partial charge is 0.205 e. The summed E-state index contributed by atoms with van der Waals surface area (Å²) in [5.41, 5.74) is 4.90. The zero-order chi connectivity index (χ0) is 14.5. The molecule has 3 aromatic rings. The Morgan fingerprint density at radius 3 is 2.10 bits per heavy atom. The van der Waals surface area contributed by atoms with Gasteiger partial charge in [-0.05, 0) is 23.1 Å². The molecule has 0 radical (unpaired) electrons. The van der Waals surface area contributed by atoms with Crippen LogP contribution in [0.15, 0.2) is 79.0 Å². The zero-order valence-electron chi connectivity index (χ0n) is 11.9. The maximum atomic E-state index is 6.05. The molecule has 0 saturated carbocycles. The first-order valence-corrected chi connectivity index (χ1v) is 7.22. The van der Waals surface area contributed by atoms with E-state index in [1.165, 1.54) is 16.7 Å². The Hall–Kier alpha value is -2.61. The first kappa shape index (κ1) is 13.4. The summed E-state index contributed by atoms with van der Waals surface area (Å²) in [5.74, 6) is 6.05. The number of nitrogens with zero attached hydrogens (tertiary/aromatic N) is 1. The van der Waals surface area contributed by atoms with Gasteiger partial charge < -0.3 is 0 Å². The molecule has 2 N–H and O–H groups in total. The maximum Gasteiger partial charge on any atom is 0.212 e. The van der Waals surface area contributed by atoms with Crippen molar-refractivity contribution in [2.75, 3.05) is 5.84 Å². The fraction of sp³-hybridized carbons (Fsp3) is 0.105. The number of aryl methyl sites for hydroxylation is 2. The molecule has 0 fully saturated rings. The normalized spacial score (nSPS) is 10.5. The van der Waals surface area contributed by atoms with Gasteiger partial charge in [0.25, 0.3) is 0 Å². The highest BCUT2D eigenvalue weighted by atomic mass is 15.3. The number of pyridine rings is 1. The Morgan fingerprint density at radius 1 is 0.714 bits per heavy atom. The molecule has 1 heterocycles. The lowest BCUT2D eigenvalue weighted by atomic mass is 10.0. The molecule has 2 aromatic carbocycles. The van der Waals surface area contributed by atoms with E-state index in [2.05, 4.69) is 60.7 Å². The van der Waals surface area contributed by atoms with Crippen LogP contribution in [0.25, 0.3) is 11.1 Å². The van der Waals surface area contributed by atoms with Crippen LogP contribution in [-0.4, -0.2) is 0 Å². The van der Waals surface area contributed by atoms with Crippen molar-refractivity contribution in [1.29, 1.82) is 0 Å². The second-order valence-electron chi connectivity index (χ2n) is 5.17. The Kier molecular flexibility index (Phi) is 3.97. The molecule has 0 unspecified atom stereocenters. The summed E-state index contributed by atoms with van der Waals surface area (Å²) >= 11 is 0. The Bertz CT molecular complexity index is 706. The summed E-state index contributed by atoms with van der Waals surface area (Å²) in [6.07, 6.45) is 3.86. The van der Waals surface area contributed by atoms with Crippen LogP contribution >= 0.6 is 0 Å². The molecule has 1 aromatic heterocycles. The first-order chi connectivity index (χ1) is 10.3.